The lowest BCUT2D eigenvalue weighted by Crippen LogP contribution is -2.46. The van der Waals surface area contributed by atoms with Crippen LogP contribution in [0.2, 0.25) is 0 Å². The second-order valence-corrected chi connectivity index (χ2v) is 7.14. The molecule has 3 N–H and O–H groups in total. The van der Waals surface area contributed by atoms with E-state index in [1.807, 2.05) is 23.9 Å². The third-order valence-electron chi connectivity index (χ3n) is 4.12. The number of nitrogens with one attached hydrogen (secondary N) is 1. The first-order valence-electron chi connectivity index (χ1n) is 7.82. The number of nitriles is 1. The first kappa shape index (κ1) is 16.9. The van der Waals surface area contributed by atoms with Gasteiger partial charge >= 0.3 is 0 Å². The highest BCUT2D eigenvalue weighted by Gasteiger charge is 2.29. The summed E-state index contributed by atoms with van der Waals surface area (Å²) in [5, 5.41) is 12.9. The number of rotatable bonds is 6. The maximum Gasteiger partial charge on any atom is 0.239 e. The quantitative estimate of drug-likeness (QED) is 0.845. The van der Waals surface area contributed by atoms with E-state index in [1.54, 1.807) is 12.1 Å². The number of carbonyl (C=O) groups excluding carboxylic acids is 1. The van der Waals surface area contributed by atoms with Gasteiger partial charge in [-0.25, -0.2) is 0 Å². The molecule has 4 nitrogen and oxygen atoms in total. The highest BCUT2D eigenvalue weighted by atomic mass is 32.2. The van der Waals surface area contributed by atoms with E-state index >= 15 is 0 Å². The van der Waals surface area contributed by atoms with E-state index in [9.17, 15) is 4.79 Å². The van der Waals surface area contributed by atoms with Gasteiger partial charge in [-0.05, 0) is 36.3 Å². The SMILES string of the molecule is CCS[C@@H]1CCCC[C@H]1N[C@@H](C(N)=O)c1ccc(C#N)cc1. The predicted octanol–water partition coefficient (Wildman–Crippen LogP) is 2.74. The van der Waals surface area contributed by atoms with Crippen molar-refractivity contribution >= 4 is 17.7 Å². The van der Waals surface area contributed by atoms with Gasteiger partial charge in [-0.1, -0.05) is 31.9 Å². The van der Waals surface area contributed by atoms with Gasteiger partial charge in [0.1, 0.15) is 6.04 Å². The zero-order valence-corrected chi connectivity index (χ0v) is 13.7. The fourth-order valence-electron chi connectivity index (χ4n) is 3.01. The molecule has 118 valence electrons. The number of thioether (sulfide) groups is 1. The first-order valence-corrected chi connectivity index (χ1v) is 8.87. The van der Waals surface area contributed by atoms with E-state index in [4.69, 9.17) is 11.0 Å². The number of hydrogen-bond donors (Lipinski definition) is 2. The van der Waals surface area contributed by atoms with Crippen LogP contribution >= 0.6 is 11.8 Å². The van der Waals surface area contributed by atoms with Crippen molar-refractivity contribution < 1.29 is 4.79 Å². The maximum absolute atomic E-state index is 11.9. The number of hydrogen-bond acceptors (Lipinski definition) is 4. The van der Waals surface area contributed by atoms with Crippen molar-refractivity contribution in [3.63, 3.8) is 0 Å². The Hall–Kier alpha value is -1.51. The fourth-order valence-corrected chi connectivity index (χ4v) is 4.22. The van der Waals surface area contributed by atoms with Gasteiger partial charge in [0.15, 0.2) is 0 Å². The fraction of sp³-hybridized carbons (Fsp3) is 0.529. The predicted molar refractivity (Wildman–Crippen MR) is 90.4 cm³/mol. The number of carbonyl (C=O) groups is 1. The van der Waals surface area contributed by atoms with Crippen molar-refractivity contribution in [2.24, 2.45) is 5.73 Å². The minimum Gasteiger partial charge on any atom is -0.368 e. The summed E-state index contributed by atoms with van der Waals surface area (Å²) in [4.78, 5) is 11.9. The second kappa shape index (κ2) is 8.21. The van der Waals surface area contributed by atoms with E-state index in [2.05, 4.69) is 18.3 Å². The summed E-state index contributed by atoms with van der Waals surface area (Å²) in [5.41, 5.74) is 7.02. The van der Waals surface area contributed by atoms with Crippen LogP contribution in [0.4, 0.5) is 0 Å². The van der Waals surface area contributed by atoms with Gasteiger partial charge in [-0.15, -0.1) is 0 Å². The molecule has 0 radical (unpaired) electrons. The molecule has 1 fully saturated rings. The van der Waals surface area contributed by atoms with Gasteiger partial charge in [0.05, 0.1) is 11.6 Å². The average molecular weight is 317 g/mol. The molecule has 1 saturated carbocycles. The van der Waals surface area contributed by atoms with Crippen molar-refractivity contribution in [3.8, 4) is 6.07 Å². The molecular weight excluding hydrogens is 294 g/mol. The maximum atomic E-state index is 11.9. The Morgan fingerprint density at radius 1 is 1.41 bits per heavy atom. The van der Waals surface area contributed by atoms with Gasteiger partial charge in [-0.2, -0.15) is 17.0 Å². The minimum atomic E-state index is -0.490. The monoisotopic (exact) mass is 317 g/mol. The smallest absolute Gasteiger partial charge is 0.239 e. The van der Waals surface area contributed by atoms with Crippen LogP contribution in [0.25, 0.3) is 0 Å². The number of nitrogens with two attached hydrogens (primary N) is 1. The van der Waals surface area contributed by atoms with Crippen molar-refractivity contribution in [3.05, 3.63) is 35.4 Å². The van der Waals surface area contributed by atoms with E-state index < -0.39 is 6.04 Å². The third kappa shape index (κ3) is 4.25. The summed E-state index contributed by atoms with van der Waals surface area (Å²) in [6.45, 7) is 2.17. The molecule has 0 aliphatic heterocycles. The molecule has 22 heavy (non-hydrogen) atoms. The molecule has 0 saturated heterocycles. The van der Waals surface area contributed by atoms with Crippen LogP contribution in [0.3, 0.4) is 0 Å². The van der Waals surface area contributed by atoms with Crippen LogP contribution in [0, 0.1) is 11.3 Å². The highest BCUT2D eigenvalue weighted by Crippen LogP contribution is 2.30. The average Bonchev–Trinajstić information content (AvgIpc) is 2.54. The Morgan fingerprint density at radius 3 is 2.68 bits per heavy atom. The summed E-state index contributed by atoms with van der Waals surface area (Å²) >= 11 is 1.96. The minimum absolute atomic E-state index is 0.312. The van der Waals surface area contributed by atoms with E-state index in [0.717, 1.165) is 17.7 Å². The molecule has 2 rings (SSSR count). The van der Waals surface area contributed by atoms with E-state index in [-0.39, 0.29) is 5.91 Å². The first-order chi connectivity index (χ1) is 10.7. The van der Waals surface area contributed by atoms with Gasteiger partial charge in [0, 0.05) is 11.3 Å². The van der Waals surface area contributed by atoms with E-state index in [1.165, 1.54) is 19.3 Å². The van der Waals surface area contributed by atoms with Crippen LogP contribution in [0.5, 0.6) is 0 Å². The normalized spacial score (nSPS) is 22.7. The van der Waals surface area contributed by atoms with Crippen molar-refractivity contribution in [1.82, 2.24) is 5.32 Å². The molecule has 3 atom stereocenters. The van der Waals surface area contributed by atoms with Gasteiger partial charge in [0.2, 0.25) is 5.91 Å². The van der Waals surface area contributed by atoms with Gasteiger partial charge < -0.3 is 5.73 Å². The molecule has 1 aromatic carbocycles. The highest BCUT2D eigenvalue weighted by molar-refractivity contribution is 7.99. The Balaban J connectivity index is 2.13. The van der Waals surface area contributed by atoms with Gasteiger partial charge in [-0.3, -0.25) is 10.1 Å². The van der Waals surface area contributed by atoms with Crippen LogP contribution in [-0.2, 0) is 4.79 Å². The molecule has 0 unspecified atom stereocenters. The Bertz CT molecular complexity index is 536. The molecule has 1 aromatic rings. The standard InChI is InChI=1S/C17H23N3OS/c1-2-22-15-6-4-3-5-14(15)20-16(17(19)21)13-9-7-12(11-18)8-10-13/h7-10,14-16,20H,2-6H2,1H3,(H2,19,21)/t14-,15-,16-/m1/s1. The van der Waals surface area contributed by atoms with Gasteiger partial charge in [0.25, 0.3) is 0 Å². The summed E-state index contributed by atoms with van der Waals surface area (Å²) in [6, 6.07) is 8.99. The molecule has 0 bridgehead atoms. The molecule has 1 aliphatic rings. The molecule has 5 heteroatoms. The van der Waals surface area contributed by atoms with Crippen molar-refractivity contribution in [2.75, 3.05) is 5.75 Å². The van der Waals surface area contributed by atoms with Crippen molar-refractivity contribution in [2.45, 2.75) is 49.9 Å². The third-order valence-corrected chi connectivity index (χ3v) is 5.45. The summed E-state index contributed by atoms with van der Waals surface area (Å²) in [5.74, 6) is 0.719. The second-order valence-electron chi connectivity index (χ2n) is 5.62. The number of benzene rings is 1. The summed E-state index contributed by atoms with van der Waals surface area (Å²) < 4.78 is 0. The summed E-state index contributed by atoms with van der Waals surface area (Å²) in [6.07, 6.45) is 4.72. The zero-order chi connectivity index (χ0) is 15.9. The molecular formula is C17H23N3OS. The molecule has 1 amide bonds. The molecule has 0 heterocycles. The lowest BCUT2D eigenvalue weighted by atomic mass is 9.93. The lowest BCUT2D eigenvalue weighted by molar-refractivity contribution is -0.120. The van der Waals surface area contributed by atoms with Crippen LogP contribution in [-0.4, -0.2) is 23.0 Å². The molecule has 1 aliphatic carbocycles. The topological polar surface area (TPSA) is 78.9 Å². The summed E-state index contributed by atoms with van der Waals surface area (Å²) in [7, 11) is 0. The van der Waals surface area contributed by atoms with Crippen LogP contribution in [0.15, 0.2) is 24.3 Å². The Labute approximate surface area is 136 Å². The Kier molecular flexibility index (Phi) is 6.29. The van der Waals surface area contributed by atoms with Crippen molar-refractivity contribution in [1.29, 1.82) is 5.26 Å². The largest absolute Gasteiger partial charge is 0.368 e. The van der Waals surface area contributed by atoms with Crippen LogP contribution in [0.1, 0.15) is 49.8 Å². The lowest BCUT2D eigenvalue weighted by Gasteiger charge is -2.34. The Morgan fingerprint density at radius 2 is 2.09 bits per heavy atom. The molecule has 0 spiro atoms. The number of nitrogens with zero attached hydrogens (tertiary/aromatic N) is 1. The molecule has 0 aromatic heterocycles. The number of amides is 1. The number of primary amides is 1. The zero-order valence-electron chi connectivity index (χ0n) is 12.9. The van der Waals surface area contributed by atoms with Crippen LogP contribution < -0.4 is 11.1 Å². The van der Waals surface area contributed by atoms with E-state index in [0.29, 0.717) is 16.9 Å².